The Hall–Kier alpha value is -1.33. The van der Waals surface area contributed by atoms with Crippen LogP contribution in [0.25, 0.3) is 0 Å². The Kier molecular flexibility index (Phi) is 5.42. The molecule has 2 N–H and O–H groups in total. The van der Waals surface area contributed by atoms with Crippen molar-refractivity contribution in [3.8, 4) is 0 Å². The molecule has 4 nitrogen and oxygen atoms in total. The van der Waals surface area contributed by atoms with E-state index < -0.39 is 0 Å². The van der Waals surface area contributed by atoms with Crippen molar-refractivity contribution in [1.82, 2.24) is 5.32 Å². The lowest BCUT2D eigenvalue weighted by molar-refractivity contribution is -0.119. The van der Waals surface area contributed by atoms with Crippen molar-refractivity contribution in [2.45, 2.75) is 31.9 Å². The molecule has 2 rings (SSSR count). The number of anilines is 1. The van der Waals surface area contributed by atoms with Gasteiger partial charge in [-0.3, -0.25) is 4.79 Å². The first-order chi connectivity index (χ1) is 10.0. The maximum absolute atomic E-state index is 13.6. The molecule has 1 fully saturated rings. The summed E-state index contributed by atoms with van der Waals surface area (Å²) in [6, 6.07) is 4.26. The normalized spacial score (nSPS) is 17.6. The molecule has 0 radical (unpaired) electrons. The number of hydrogen-bond donors (Lipinski definition) is 2. The minimum atomic E-state index is -0.335. The molecule has 1 saturated heterocycles. The second-order valence-corrected chi connectivity index (χ2v) is 5.61. The van der Waals surface area contributed by atoms with Gasteiger partial charge in [0.25, 0.3) is 0 Å². The Labute approximate surface area is 128 Å². The maximum Gasteiger partial charge on any atom is 0.235 e. The number of aliphatic hydroxyl groups excluding tert-OH is 1. The van der Waals surface area contributed by atoms with Crippen molar-refractivity contribution in [3.05, 3.63) is 29.6 Å². The lowest BCUT2D eigenvalue weighted by Crippen LogP contribution is -2.37. The van der Waals surface area contributed by atoms with Gasteiger partial charge in [-0.25, -0.2) is 4.39 Å². The number of rotatable bonds is 4. The number of carbonyl (C=O) groups excluding carboxylic acids is 1. The Morgan fingerprint density at radius 3 is 2.81 bits per heavy atom. The average Bonchev–Trinajstić information content (AvgIpc) is 2.48. The number of halogens is 2. The van der Waals surface area contributed by atoms with E-state index in [1.807, 2.05) is 6.92 Å². The molecular formula is C15H20ClFN2O2. The summed E-state index contributed by atoms with van der Waals surface area (Å²) in [5.41, 5.74) is 1.62. The van der Waals surface area contributed by atoms with E-state index in [1.165, 1.54) is 12.1 Å². The zero-order valence-electron chi connectivity index (χ0n) is 12.0. The summed E-state index contributed by atoms with van der Waals surface area (Å²) in [5, 5.41) is 12.3. The van der Waals surface area contributed by atoms with Crippen LogP contribution in [0, 0.1) is 5.82 Å². The summed E-state index contributed by atoms with van der Waals surface area (Å²) < 4.78 is 13.6. The molecule has 0 aliphatic carbocycles. The molecule has 1 aromatic rings. The van der Waals surface area contributed by atoms with Crippen LogP contribution >= 0.6 is 11.6 Å². The molecular weight excluding hydrogens is 295 g/mol. The Morgan fingerprint density at radius 2 is 2.19 bits per heavy atom. The lowest BCUT2D eigenvalue weighted by atomic mass is 10.0. The number of benzene rings is 1. The number of alkyl halides is 1. The van der Waals surface area contributed by atoms with Crippen molar-refractivity contribution < 1.29 is 14.3 Å². The van der Waals surface area contributed by atoms with E-state index in [4.69, 9.17) is 11.6 Å². The maximum atomic E-state index is 13.6. The predicted octanol–water partition coefficient (Wildman–Crippen LogP) is 2.20. The summed E-state index contributed by atoms with van der Waals surface area (Å²) in [5.74, 6) is -0.739. The Balaban J connectivity index is 2.22. The zero-order chi connectivity index (χ0) is 15.4. The third kappa shape index (κ3) is 4.08. The van der Waals surface area contributed by atoms with Crippen LogP contribution in [0.15, 0.2) is 18.2 Å². The molecule has 0 bridgehead atoms. The van der Waals surface area contributed by atoms with Gasteiger partial charge in [0.2, 0.25) is 5.91 Å². The van der Waals surface area contributed by atoms with Crippen LogP contribution in [-0.4, -0.2) is 36.1 Å². The lowest BCUT2D eigenvalue weighted by Gasteiger charge is -2.34. The number of nitrogens with one attached hydrogen (secondary N) is 1. The fourth-order valence-electron chi connectivity index (χ4n) is 2.62. The van der Waals surface area contributed by atoms with Crippen molar-refractivity contribution in [3.63, 3.8) is 0 Å². The monoisotopic (exact) mass is 314 g/mol. The molecule has 1 unspecified atom stereocenters. The van der Waals surface area contributed by atoms with Gasteiger partial charge in [0, 0.05) is 24.3 Å². The Bertz CT molecular complexity index is 504. The molecule has 0 saturated carbocycles. The highest BCUT2D eigenvalue weighted by Crippen LogP contribution is 2.29. The fraction of sp³-hybridized carbons (Fsp3) is 0.533. The van der Waals surface area contributed by atoms with E-state index in [1.54, 1.807) is 6.07 Å². The second kappa shape index (κ2) is 7.09. The summed E-state index contributed by atoms with van der Waals surface area (Å²) >= 11 is 5.50. The number of carbonyl (C=O) groups is 1. The quantitative estimate of drug-likeness (QED) is 0.838. The van der Waals surface area contributed by atoms with Gasteiger partial charge in [-0.2, -0.15) is 0 Å². The smallest absolute Gasteiger partial charge is 0.235 e. The van der Waals surface area contributed by atoms with Crippen LogP contribution in [0.5, 0.6) is 0 Å². The molecule has 1 amide bonds. The summed E-state index contributed by atoms with van der Waals surface area (Å²) in [7, 11) is 0. The fourth-order valence-corrected chi connectivity index (χ4v) is 2.70. The first-order valence-electron chi connectivity index (χ1n) is 7.09. The highest BCUT2D eigenvalue weighted by atomic mass is 35.5. The topological polar surface area (TPSA) is 52.6 Å². The molecule has 1 heterocycles. The van der Waals surface area contributed by atoms with Crippen LogP contribution < -0.4 is 10.2 Å². The van der Waals surface area contributed by atoms with Crippen molar-refractivity contribution in [2.24, 2.45) is 0 Å². The number of hydrogen-bond acceptors (Lipinski definition) is 3. The Morgan fingerprint density at radius 1 is 1.52 bits per heavy atom. The van der Waals surface area contributed by atoms with E-state index in [9.17, 15) is 14.3 Å². The van der Waals surface area contributed by atoms with Gasteiger partial charge in [0.05, 0.1) is 12.1 Å². The third-order valence-corrected chi connectivity index (χ3v) is 4.00. The van der Waals surface area contributed by atoms with Crippen LogP contribution in [0.3, 0.4) is 0 Å². The van der Waals surface area contributed by atoms with Gasteiger partial charge >= 0.3 is 0 Å². The minimum Gasteiger partial charge on any atom is -0.393 e. The van der Waals surface area contributed by atoms with Gasteiger partial charge in [0.1, 0.15) is 11.7 Å². The number of nitrogens with zero attached hydrogens (tertiary/aromatic N) is 1. The largest absolute Gasteiger partial charge is 0.393 e. The summed E-state index contributed by atoms with van der Waals surface area (Å²) in [6.45, 7) is 3.24. The molecule has 1 aliphatic rings. The number of piperidine rings is 1. The summed E-state index contributed by atoms with van der Waals surface area (Å²) in [6.07, 6.45) is 1.12. The molecule has 1 aliphatic heterocycles. The van der Waals surface area contributed by atoms with Crippen LogP contribution in [-0.2, 0) is 4.79 Å². The number of amides is 1. The summed E-state index contributed by atoms with van der Waals surface area (Å²) in [4.78, 5) is 13.5. The molecule has 1 atom stereocenters. The van der Waals surface area contributed by atoms with Crippen LogP contribution in [0.2, 0.25) is 0 Å². The van der Waals surface area contributed by atoms with E-state index in [-0.39, 0.29) is 29.8 Å². The van der Waals surface area contributed by atoms with Crippen molar-refractivity contribution >= 4 is 23.2 Å². The molecule has 116 valence electrons. The van der Waals surface area contributed by atoms with E-state index >= 15 is 0 Å². The molecule has 0 aromatic heterocycles. The molecule has 1 aromatic carbocycles. The van der Waals surface area contributed by atoms with Gasteiger partial charge in [-0.1, -0.05) is 0 Å². The second-order valence-electron chi connectivity index (χ2n) is 5.34. The molecule has 0 spiro atoms. The average molecular weight is 315 g/mol. The van der Waals surface area contributed by atoms with Gasteiger partial charge in [-0.05, 0) is 38.0 Å². The van der Waals surface area contributed by atoms with Gasteiger partial charge < -0.3 is 15.3 Å². The zero-order valence-corrected chi connectivity index (χ0v) is 12.7. The van der Waals surface area contributed by atoms with Crippen LogP contribution in [0.1, 0.15) is 31.4 Å². The van der Waals surface area contributed by atoms with E-state index in [2.05, 4.69) is 10.2 Å². The minimum absolute atomic E-state index is 0.120. The third-order valence-electron chi connectivity index (χ3n) is 3.76. The van der Waals surface area contributed by atoms with Crippen LogP contribution in [0.4, 0.5) is 10.1 Å². The standard InChI is InChI=1S/C15H20ClFN2O2/c1-10(18-15(21)9-16)13-8-11(17)2-3-14(13)19-6-4-12(20)5-7-19/h2-3,8,10,12,20H,4-7,9H2,1H3,(H,18,21). The number of aliphatic hydroxyl groups is 1. The molecule has 6 heteroatoms. The van der Waals surface area contributed by atoms with Gasteiger partial charge in [-0.15, -0.1) is 11.6 Å². The van der Waals surface area contributed by atoms with Crippen molar-refractivity contribution in [2.75, 3.05) is 23.9 Å². The predicted molar refractivity (Wildman–Crippen MR) is 81.1 cm³/mol. The highest BCUT2D eigenvalue weighted by molar-refractivity contribution is 6.27. The highest BCUT2D eigenvalue weighted by Gasteiger charge is 2.22. The molecule has 21 heavy (non-hydrogen) atoms. The first-order valence-corrected chi connectivity index (χ1v) is 7.62. The van der Waals surface area contributed by atoms with E-state index in [0.29, 0.717) is 12.8 Å². The SMILES string of the molecule is CC(NC(=O)CCl)c1cc(F)ccc1N1CCC(O)CC1. The van der Waals surface area contributed by atoms with E-state index in [0.717, 1.165) is 24.3 Å². The van der Waals surface area contributed by atoms with Gasteiger partial charge in [0.15, 0.2) is 0 Å². The van der Waals surface area contributed by atoms with Crippen molar-refractivity contribution in [1.29, 1.82) is 0 Å². The first kappa shape index (κ1) is 16.0.